The van der Waals surface area contributed by atoms with Gasteiger partial charge in [-0.25, -0.2) is 0 Å². The van der Waals surface area contributed by atoms with Crippen molar-refractivity contribution in [2.24, 2.45) is 0 Å². The number of hydrogen-bond donors (Lipinski definition) is 0. The minimum absolute atomic E-state index is 0. The van der Waals surface area contributed by atoms with Crippen molar-refractivity contribution in [3.63, 3.8) is 0 Å². The average Bonchev–Trinajstić information content (AvgIpc) is 2.07. The Morgan fingerprint density at radius 2 is 1.38 bits per heavy atom. The van der Waals surface area contributed by atoms with E-state index in [1.54, 1.807) is 9.86 Å². The van der Waals surface area contributed by atoms with E-state index in [1.165, 1.54) is 21.4 Å². The molecule has 0 aromatic carbocycles. The van der Waals surface area contributed by atoms with Crippen LogP contribution in [0, 0.1) is 0 Å². The SMILES string of the molecule is CC1=C(C)C([SiH3])[C]([V+3])=C1C.[Cl-].[Cl-].[Cl-]. The normalized spacial score (nSPS) is 20.8. The quantitative estimate of drug-likeness (QED) is 0.390. The zero-order valence-corrected chi connectivity index (χ0v) is 13.8. The molecule has 1 unspecified atom stereocenters. The van der Waals surface area contributed by atoms with Gasteiger partial charge in [-0.05, 0) is 0 Å². The molecule has 13 heavy (non-hydrogen) atoms. The topological polar surface area (TPSA) is 0 Å². The Hall–Kier alpha value is 1.15. The van der Waals surface area contributed by atoms with Crippen molar-refractivity contribution in [1.29, 1.82) is 0 Å². The summed E-state index contributed by atoms with van der Waals surface area (Å²) >= 11 is 2.72. The summed E-state index contributed by atoms with van der Waals surface area (Å²) in [6.07, 6.45) is 0. The fourth-order valence-electron chi connectivity index (χ4n) is 1.34. The Morgan fingerprint density at radius 1 is 1.00 bits per heavy atom. The second-order valence-corrected chi connectivity index (χ2v) is 4.95. The van der Waals surface area contributed by atoms with E-state index < -0.39 is 0 Å². The molecular formula is C8H13Cl3SiV. The molecule has 75 valence electrons. The monoisotopic (exact) mass is 293 g/mol. The Balaban J connectivity index is -0.000000333. The molecule has 5 heteroatoms. The molecule has 1 rings (SSSR count). The van der Waals surface area contributed by atoms with Gasteiger partial charge in [-0.3, -0.25) is 0 Å². The van der Waals surface area contributed by atoms with E-state index in [0.717, 1.165) is 5.54 Å². The first-order valence-corrected chi connectivity index (χ1v) is 5.48. The van der Waals surface area contributed by atoms with Gasteiger partial charge >= 0.3 is 75.0 Å². The molecule has 1 atom stereocenters. The van der Waals surface area contributed by atoms with Gasteiger partial charge in [0.2, 0.25) is 0 Å². The van der Waals surface area contributed by atoms with Crippen LogP contribution in [0.25, 0.3) is 0 Å². The molecule has 0 aromatic rings. The van der Waals surface area contributed by atoms with E-state index in [0.29, 0.717) is 0 Å². The summed E-state index contributed by atoms with van der Waals surface area (Å²) in [4.78, 5) is 0. The second kappa shape index (κ2) is 7.44. The Labute approximate surface area is 112 Å². The van der Waals surface area contributed by atoms with Gasteiger partial charge in [0, 0.05) is 0 Å². The molecule has 0 heterocycles. The zero-order chi connectivity index (χ0) is 7.89. The molecule has 0 bridgehead atoms. The average molecular weight is 295 g/mol. The summed E-state index contributed by atoms with van der Waals surface area (Å²) in [6, 6.07) is 0. The Bertz CT molecular complexity index is 212. The van der Waals surface area contributed by atoms with Crippen molar-refractivity contribution in [1.82, 2.24) is 0 Å². The van der Waals surface area contributed by atoms with Crippen molar-refractivity contribution in [3.8, 4) is 0 Å². The molecule has 1 aliphatic rings. The van der Waals surface area contributed by atoms with Gasteiger partial charge in [-0.1, -0.05) is 0 Å². The van der Waals surface area contributed by atoms with Crippen LogP contribution < -0.4 is 37.2 Å². The summed E-state index contributed by atoms with van der Waals surface area (Å²) in [5.41, 5.74) is 5.44. The molecule has 0 fully saturated rings. The van der Waals surface area contributed by atoms with Crippen LogP contribution in [0.3, 0.4) is 0 Å². The molecule has 0 aliphatic heterocycles. The van der Waals surface area contributed by atoms with Gasteiger partial charge in [0.1, 0.15) is 0 Å². The maximum atomic E-state index is 2.72. The predicted octanol–water partition coefficient (Wildman–Crippen LogP) is -7.68. The van der Waals surface area contributed by atoms with Crippen LogP contribution in [0.1, 0.15) is 20.8 Å². The van der Waals surface area contributed by atoms with Crippen LogP contribution in [0.5, 0.6) is 0 Å². The zero-order valence-electron chi connectivity index (χ0n) is 8.16. The molecular weight excluding hydrogens is 281 g/mol. The van der Waals surface area contributed by atoms with E-state index in [1.807, 2.05) is 0 Å². The molecule has 0 N–H and O–H groups in total. The van der Waals surface area contributed by atoms with Crippen LogP contribution in [-0.4, -0.2) is 10.2 Å². The molecule has 1 aliphatic carbocycles. The Morgan fingerprint density at radius 3 is 1.46 bits per heavy atom. The summed E-state index contributed by atoms with van der Waals surface area (Å²) in [6.45, 7) is 6.72. The fourth-order valence-corrected chi connectivity index (χ4v) is 2.77. The minimum Gasteiger partial charge on any atom is -1.00 e. The van der Waals surface area contributed by atoms with Crippen LogP contribution in [0.15, 0.2) is 21.0 Å². The van der Waals surface area contributed by atoms with Crippen LogP contribution in [0.2, 0.25) is 5.54 Å². The second-order valence-electron chi connectivity index (χ2n) is 3.04. The van der Waals surface area contributed by atoms with E-state index >= 15 is 0 Å². The van der Waals surface area contributed by atoms with E-state index in [-0.39, 0.29) is 37.2 Å². The molecule has 0 radical (unpaired) electrons. The van der Waals surface area contributed by atoms with Gasteiger partial charge in [-0.2, -0.15) is 0 Å². The van der Waals surface area contributed by atoms with Gasteiger partial charge in [0.25, 0.3) is 0 Å². The molecule has 0 nitrogen and oxygen atoms in total. The third kappa shape index (κ3) is 3.66. The number of rotatable bonds is 0. The van der Waals surface area contributed by atoms with Gasteiger partial charge in [0.15, 0.2) is 0 Å². The maximum absolute atomic E-state index is 2.72. The molecule has 0 amide bonds. The maximum Gasteiger partial charge on any atom is -1.00 e. The van der Waals surface area contributed by atoms with E-state index in [4.69, 9.17) is 0 Å². The predicted molar refractivity (Wildman–Crippen MR) is 44.8 cm³/mol. The first-order chi connectivity index (χ1) is 4.55. The van der Waals surface area contributed by atoms with Crippen LogP contribution in [0.4, 0.5) is 0 Å². The van der Waals surface area contributed by atoms with Crippen molar-refractivity contribution >= 4 is 10.2 Å². The fraction of sp³-hybridized carbons (Fsp3) is 0.500. The Kier molecular flexibility index (Phi) is 11.3. The number of halogens is 3. The van der Waals surface area contributed by atoms with E-state index in [9.17, 15) is 0 Å². The molecule has 0 saturated heterocycles. The number of allylic oxidation sites excluding steroid dienone is 4. The van der Waals surface area contributed by atoms with Crippen molar-refractivity contribution in [2.75, 3.05) is 0 Å². The first kappa shape index (κ1) is 19.7. The summed E-state index contributed by atoms with van der Waals surface area (Å²) < 4.78 is 1.55. The minimum atomic E-state index is 0. The summed E-state index contributed by atoms with van der Waals surface area (Å²) in [5, 5.41) is 0. The smallest absolute Gasteiger partial charge is 1.00 e. The van der Waals surface area contributed by atoms with Gasteiger partial charge in [-0.15, -0.1) is 0 Å². The van der Waals surface area contributed by atoms with E-state index in [2.05, 4.69) is 38.2 Å². The van der Waals surface area contributed by atoms with Crippen LogP contribution >= 0.6 is 0 Å². The van der Waals surface area contributed by atoms with Crippen molar-refractivity contribution < 1.29 is 54.6 Å². The third-order valence-electron chi connectivity index (χ3n) is 2.60. The van der Waals surface area contributed by atoms with Crippen molar-refractivity contribution in [2.45, 2.75) is 26.3 Å². The first-order valence-electron chi connectivity index (χ1n) is 3.63. The molecule has 0 aromatic heterocycles. The largest absolute Gasteiger partial charge is 1.00 e. The third-order valence-corrected chi connectivity index (χ3v) is 5.95. The number of hydrogen-bond acceptors (Lipinski definition) is 0. The van der Waals surface area contributed by atoms with Crippen LogP contribution in [-0.2, 0) is 17.4 Å². The summed E-state index contributed by atoms with van der Waals surface area (Å²) in [5.74, 6) is 0. The van der Waals surface area contributed by atoms with Gasteiger partial charge in [0.05, 0.1) is 0 Å². The van der Waals surface area contributed by atoms with Crippen molar-refractivity contribution in [3.05, 3.63) is 21.0 Å². The molecule has 0 saturated carbocycles. The summed E-state index contributed by atoms with van der Waals surface area (Å²) in [7, 11) is 1.27. The van der Waals surface area contributed by atoms with Gasteiger partial charge < -0.3 is 37.2 Å². The molecule has 0 spiro atoms. The standard InChI is InChI=1S/C8H13Si.3ClH.V/c1-5-4-8(9)7(3)6(5)2;;;;/h8H,1-3,9H3;3*1H;/q;;;;+3/p-3.